The molecule has 0 radical (unpaired) electrons. The number of rotatable bonds is 7. The highest BCUT2D eigenvalue weighted by molar-refractivity contribution is 6.05. The van der Waals surface area contributed by atoms with E-state index in [0.717, 1.165) is 25.0 Å². The summed E-state index contributed by atoms with van der Waals surface area (Å²) in [4.78, 5) is 45.8. The predicted molar refractivity (Wildman–Crippen MR) is 108 cm³/mol. The van der Waals surface area contributed by atoms with Crippen molar-refractivity contribution >= 4 is 17.9 Å². The first-order valence-corrected chi connectivity index (χ1v) is 11.2. The van der Waals surface area contributed by atoms with E-state index >= 15 is 0 Å². The first-order valence-electron chi connectivity index (χ1n) is 11.2. The number of nitrogens with zero attached hydrogens (tertiary/aromatic N) is 3. The maximum atomic E-state index is 13.6. The maximum Gasteiger partial charge on any atom is 0.328 e. The Bertz CT molecular complexity index is 820. The second kappa shape index (κ2) is 7.36. The highest BCUT2D eigenvalue weighted by Gasteiger charge is 2.60. The minimum atomic E-state index is -0.874. The van der Waals surface area contributed by atoms with Gasteiger partial charge in [0.1, 0.15) is 6.04 Å². The molecule has 4 bridgehead atoms. The molecule has 0 aromatic carbocycles. The number of carboxylic acid groups (broad SMARTS) is 1. The van der Waals surface area contributed by atoms with E-state index in [9.17, 15) is 14.4 Å². The van der Waals surface area contributed by atoms with Gasteiger partial charge in [0.05, 0.1) is 17.8 Å². The van der Waals surface area contributed by atoms with E-state index in [0.29, 0.717) is 30.6 Å². The standard InChI is InChI=1S/C23H29N3O4/c27-20(28)6-3-5-19-21(29)26(22(30)25(19)14-18-4-1-2-7-24-18)23-11-15-8-16(12-23)10-17(9-15)13-23/h1-2,4,7,15-17,19H,3,5-6,8-14H2,(H,27,28). The van der Waals surface area contributed by atoms with Crippen LogP contribution in [0.4, 0.5) is 4.79 Å². The summed E-state index contributed by atoms with van der Waals surface area (Å²) in [6.45, 7) is 0.284. The highest BCUT2D eigenvalue weighted by atomic mass is 16.4. The van der Waals surface area contributed by atoms with Crippen LogP contribution >= 0.6 is 0 Å². The number of urea groups is 1. The highest BCUT2D eigenvalue weighted by Crippen LogP contribution is 2.58. The van der Waals surface area contributed by atoms with Crippen LogP contribution in [-0.4, -0.2) is 49.4 Å². The number of hydrogen-bond donors (Lipinski definition) is 1. The van der Waals surface area contributed by atoms with Gasteiger partial charge in [-0.1, -0.05) is 6.07 Å². The number of imide groups is 1. The molecule has 7 nitrogen and oxygen atoms in total. The average molecular weight is 412 g/mol. The van der Waals surface area contributed by atoms with Gasteiger partial charge in [0.15, 0.2) is 0 Å². The van der Waals surface area contributed by atoms with Gasteiger partial charge in [-0.05, 0) is 81.3 Å². The van der Waals surface area contributed by atoms with Crippen molar-refractivity contribution in [1.82, 2.24) is 14.8 Å². The van der Waals surface area contributed by atoms with E-state index in [1.165, 1.54) is 19.3 Å². The lowest BCUT2D eigenvalue weighted by Gasteiger charge is -2.58. The molecule has 2 heterocycles. The SMILES string of the molecule is O=C(O)CCCC1C(=O)N(C23CC4CC(CC(C4)C2)C3)C(=O)N1Cc1ccccn1. The molecule has 1 unspecified atom stereocenters. The minimum absolute atomic E-state index is 0.00671. The van der Waals surface area contributed by atoms with Crippen LogP contribution in [0.3, 0.4) is 0 Å². The molecule has 1 atom stereocenters. The number of hydrogen-bond acceptors (Lipinski definition) is 4. The molecule has 4 saturated carbocycles. The molecule has 1 aromatic rings. The Morgan fingerprint density at radius 2 is 1.77 bits per heavy atom. The van der Waals surface area contributed by atoms with Crippen molar-refractivity contribution in [1.29, 1.82) is 0 Å². The van der Waals surface area contributed by atoms with Gasteiger partial charge < -0.3 is 10.0 Å². The number of aliphatic carboxylic acids is 1. The van der Waals surface area contributed by atoms with E-state index in [2.05, 4.69) is 4.98 Å². The predicted octanol–water partition coefficient (Wildman–Crippen LogP) is 3.44. The summed E-state index contributed by atoms with van der Waals surface area (Å²) in [5.41, 5.74) is 0.418. The molecule has 7 heteroatoms. The summed E-state index contributed by atoms with van der Waals surface area (Å²) in [6.07, 6.45) is 9.01. The number of amides is 3. The Morgan fingerprint density at radius 3 is 2.33 bits per heavy atom. The van der Waals surface area contributed by atoms with Crippen LogP contribution in [0, 0.1) is 17.8 Å². The maximum absolute atomic E-state index is 13.6. The van der Waals surface area contributed by atoms with E-state index in [4.69, 9.17) is 5.11 Å². The third-order valence-corrected chi connectivity index (χ3v) is 7.73. The van der Waals surface area contributed by atoms with Crippen molar-refractivity contribution in [3.8, 4) is 0 Å². The molecular weight excluding hydrogens is 382 g/mol. The molecule has 5 fully saturated rings. The van der Waals surface area contributed by atoms with Crippen molar-refractivity contribution in [3.05, 3.63) is 30.1 Å². The molecule has 5 aliphatic rings. The molecule has 1 saturated heterocycles. The van der Waals surface area contributed by atoms with E-state index < -0.39 is 12.0 Å². The summed E-state index contributed by atoms with van der Waals surface area (Å²) >= 11 is 0. The molecule has 4 aliphatic carbocycles. The second-order valence-electron chi connectivity index (χ2n) is 9.85. The minimum Gasteiger partial charge on any atom is -0.481 e. The topological polar surface area (TPSA) is 90.8 Å². The first-order chi connectivity index (χ1) is 14.4. The van der Waals surface area contributed by atoms with E-state index in [-0.39, 0.29) is 30.4 Å². The van der Waals surface area contributed by atoms with Crippen LogP contribution in [0.15, 0.2) is 24.4 Å². The van der Waals surface area contributed by atoms with Gasteiger partial charge in [-0.2, -0.15) is 0 Å². The summed E-state index contributed by atoms with van der Waals surface area (Å²) in [5, 5.41) is 9.03. The Morgan fingerprint density at radius 1 is 1.10 bits per heavy atom. The van der Waals surface area contributed by atoms with Gasteiger partial charge >= 0.3 is 12.0 Å². The Balaban J connectivity index is 1.43. The summed E-state index contributed by atoms with van der Waals surface area (Å²) in [6, 6.07) is 4.77. The molecule has 0 spiro atoms. The van der Waals surface area contributed by atoms with E-state index in [1.54, 1.807) is 16.0 Å². The van der Waals surface area contributed by atoms with Crippen LogP contribution in [0.2, 0.25) is 0 Å². The molecule has 1 aromatic heterocycles. The van der Waals surface area contributed by atoms with Crippen molar-refractivity contribution in [2.75, 3.05) is 0 Å². The number of carbonyl (C=O) groups excluding carboxylic acids is 2. The van der Waals surface area contributed by atoms with Gasteiger partial charge in [-0.3, -0.25) is 19.5 Å². The molecule has 30 heavy (non-hydrogen) atoms. The molecule has 6 rings (SSSR count). The first kappa shape index (κ1) is 19.5. The third kappa shape index (κ3) is 3.28. The largest absolute Gasteiger partial charge is 0.481 e. The van der Waals surface area contributed by atoms with Crippen LogP contribution in [-0.2, 0) is 16.1 Å². The van der Waals surface area contributed by atoms with Crippen molar-refractivity contribution in [2.45, 2.75) is 75.9 Å². The fourth-order valence-corrected chi connectivity index (χ4v) is 6.98. The van der Waals surface area contributed by atoms with Crippen LogP contribution < -0.4 is 0 Å². The molecular formula is C23H29N3O4. The average Bonchev–Trinajstić information content (AvgIpc) is 2.92. The zero-order chi connectivity index (χ0) is 20.9. The van der Waals surface area contributed by atoms with Gasteiger partial charge in [-0.15, -0.1) is 0 Å². The fourth-order valence-electron chi connectivity index (χ4n) is 6.98. The van der Waals surface area contributed by atoms with Gasteiger partial charge in [0.2, 0.25) is 0 Å². The van der Waals surface area contributed by atoms with Gasteiger partial charge in [0.25, 0.3) is 5.91 Å². The summed E-state index contributed by atoms with van der Waals surface area (Å²) in [5.74, 6) is 0.899. The smallest absolute Gasteiger partial charge is 0.328 e. The zero-order valence-corrected chi connectivity index (χ0v) is 17.2. The fraction of sp³-hybridized carbons (Fsp3) is 0.652. The monoisotopic (exact) mass is 411 g/mol. The van der Waals surface area contributed by atoms with Crippen LogP contribution in [0.1, 0.15) is 63.5 Å². The number of carboxylic acids is 1. The van der Waals surface area contributed by atoms with Crippen LogP contribution in [0.25, 0.3) is 0 Å². The Hall–Kier alpha value is -2.44. The Kier molecular flexibility index (Phi) is 4.79. The number of aromatic nitrogens is 1. The second-order valence-corrected chi connectivity index (χ2v) is 9.85. The Labute approximate surface area is 176 Å². The molecule has 160 valence electrons. The molecule has 1 N–H and O–H groups in total. The lowest BCUT2D eigenvalue weighted by Crippen LogP contribution is -2.62. The quantitative estimate of drug-likeness (QED) is 0.694. The van der Waals surface area contributed by atoms with E-state index in [1.807, 2.05) is 18.2 Å². The molecule has 1 aliphatic heterocycles. The number of pyridine rings is 1. The summed E-state index contributed by atoms with van der Waals surface area (Å²) in [7, 11) is 0. The van der Waals surface area contributed by atoms with Gasteiger partial charge in [-0.25, -0.2) is 4.79 Å². The third-order valence-electron chi connectivity index (χ3n) is 7.73. The van der Waals surface area contributed by atoms with Crippen molar-refractivity contribution in [2.24, 2.45) is 17.8 Å². The summed E-state index contributed by atoms with van der Waals surface area (Å²) < 4.78 is 0. The number of carbonyl (C=O) groups is 3. The van der Waals surface area contributed by atoms with Gasteiger partial charge in [0, 0.05) is 12.6 Å². The van der Waals surface area contributed by atoms with Crippen LogP contribution in [0.5, 0.6) is 0 Å². The van der Waals surface area contributed by atoms with Crippen molar-refractivity contribution in [3.63, 3.8) is 0 Å². The lowest BCUT2D eigenvalue weighted by molar-refractivity contribution is -0.142. The zero-order valence-electron chi connectivity index (χ0n) is 17.2. The van der Waals surface area contributed by atoms with Crippen molar-refractivity contribution < 1.29 is 19.5 Å². The molecule has 3 amide bonds. The lowest BCUT2D eigenvalue weighted by atomic mass is 9.52. The normalized spacial score (nSPS) is 34.8.